The summed E-state index contributed by atoms with van der Waals surface area (Å²) in [7, 11) is 5.52. The number of hydrogen-bond donors (Lipinski definition) is 2. The molecule has 5 nitrogen and oxygen atoms in total. The first-order chi connectivity index (χ1) is 14.6. The van der Waals surface area contributed by atoms with Crippen molar-refractivity contribution in [3.05, 3.63) is 47.0 Å². The molecule has 0 atom stereocenters. The van der Waals surface area contributed by atoms with E-state index in [0.29, 0.717) is 6.61 Å². The standard InChI is InChI=1S/C21H23NO3.C4H10O/c1-22-7-6-16-19-10-21(25-3)13(12-23)8-17(19)15-5-4-14(24-2)9-18(15)20(16)11-22;1-2-3-4-5/h4-5,8-10,23H,6-7,11-12H2,1-3H3;5H,2-4H2,1H3. The van der Waals surface area contributed by atoms with Gasteiger partial charge in [-0.3, -0.25) is 0 Å². The van der Waals surface area contributed by atoms with Crippen molar-refractivity contribution in [2.75, 3.05) is 34.4 Å². The second kappa shape index (κ2) is 10.1. The van der Waals surface area contributed by atoms with Crippen LogP contribution in [0.4, 0.5) is 0 Å². The molecule has 0 saturated carbocycles. The second-order valence-corrected chi connectivity index (χ2v) is 7.80. The number of nitrogens with zero attached hydrogens (tertiary/aromatic N) is 1. The van der Waals surface area contributed by atoms with E-state index >= 15 is 0 Å². The monoisotopic (exact) mass is 411 g/mol. The Morgan fingerprint density at radius 3 is 2.30 bits per heavy atom. The molecule has 3 aromatic carbocycles. The SMILES string of the molecule is CCCCO.COc1ccc2c(c1)c1c(c3cc(OC)c(CO)cc32)CCN(C)C1. The lowest BCUT2D eigenvalue weighted by molar-refractivity contribution is 0.274. The van der Waals surface area contributed by atoms with Gasteiger partial charge in [-0.05, 0) is 76.8 Å². The lowest BCUT2D eigenvalue weighted by Crippen LogP contribution is -2.27. The summed E-state index contributed by atoms with van der Waals surface area (Å²) in [5, 5.41) is 22.6. The Hall–Kier alpha value is -2.34. The molecule has 2 N–H and O–H groups in total. The molecule has 0 radical (unpaired) electrons. The number of ether oxygens (including phenoxy) is 2. The smallest absolute Gasteiger partial charge is 0.125 e. The molecule has 0 amide bonds. The molecule has 162 valence electrons. The number of methoxy groups -OCH3 is 2. The Labute approximate surface area is 178 Å². The molecule has 1 aliphatic heterocycles. The van der Waals surface area contributed by atoms with Crippen LogP contribution >= 0.6 is 0 Å². The van der Waals surface area contributed by atoms with Crippen molar-refractivity contribution in [1.29, 1.82) is 0 Å². The highest BCUT2D eigenvalue weighted by Gasteiger charge is 2.21. The van der Waals surface area contributed by atoms with E-state index in [0.717, 1.165) is 49.4 Å². The van der Waals surface area contributed by atoms with Crippen LogP contribution in [-0.2, 0) is 19.6 Å². The first-order valence-corrected chi connectivity index (χ1v) is 10.6. The maximum absolute atomic E-state index is 9.73. The van der Waals surface area contributed by atoms with Gasteiger partial charge in [0.05, 0.1) is 20.8 Å². The van der Waals surface area contributed by atoms with E-state index in [1.54, 1.807) is 14.2 Å². The van der Waals surface area contributed by atoms with Gasteiger partial charge in [0, 0.05) is 25.3 Å². The minimum absolute atomic E-state index is 0.0312. The molecule has 1 aliphatic rings. The number of hydrogen-bond acceptors (Lipinski definition) is 5. The molecule has 0 saturated heterocycles. The number of aliphatic hydroxyl groups excluding tert-OH is 2. The van der Waals surface area contributed by atoms with Gasteiger partial charge in [0.25, 0.3) is 0 Å². The van der Waals surface area contributed by atoms with E-state index in [1.807, 2.05) is 6.07 Å². The molecule has 1 heterocycles. The predicted octanol–water partition coefficient (Wildman–Crippen LogP) is 4.27. The molecule has 5 heteroatoms. The van der Waals surface area contributed by atoms with Gasteiger partial charge in [-0.1, -0.05) is 19.4 Å². The zero-order valence-corrected chi connectivity index (χ0v) is 18.5. The van der Waals surface area contributed by atoms with Crippen molar-refractivity contribution in [2.45, 2.75) is 39.3 Å². The van der Waals surface area contributed by atoms with Gasteiger partial charge in [-0.25, -0.2) is 0 Å². The molecule has 0 unspecified atom stereocenters. The van der Waals surface area contributed by atoms with Gasteiger partial charge in [0.15, 0.2) is 0 Å². The van der Waals surface area contributed by atoms with Crippen LogP contribution in [0.15, 0.2) is 30.3 Å². The number of rotatable bonds is 5. The number of unbranched alkanes of at least 4 members (excludes halogenated alkanes) is 1. The fraction of sp³-hybridized carbons (Fsp3) is 0.440. The maximum atomic E-state index is 9.73. The van der Waals surface area contributed by atoms with Crippen LogP contribution < -0.4 is 9.47 Å². The minimum atomic E-state index is -0.0312. The molecule has 0 aliphatic carbocycles. The highest BCUT2D eigenvalue weighted by atomic mass is 16.5. The highest BCUT2D eigenvalue weighted by molar-refractivity contribution is 6.12. The molecule has 0 bridgehead atoms. The number of aliphatic hydroxyl groups is 2. The van der Waals surface area contributed by atoms with Crippen LogP contribution in [0.5, 0.6) is 11.5 Å². The topological polar surface area (TPSA) is 62.2 Å². The van der Waals surface area contributed by atoms with Crippen LogP contribution in [0.25, 0.3) is 21.5 Å². The summed E-state index contributed by atoms with van der Waals surface area (Å²) >= 11 is 0. The second-order valence-electron chi connectivity index (χ2n) is 7.80. The van der Waals surface area contributed by atoms with E-state index in [4.69, 9.17) is 14.6 Å². The Bertz CT molecular complexity index is 1010. The van der Waals surface area contributed by atoms with Gasteiger partial charge in [-0.2, -0.15) is 0 Å². The summed E-state index contributed by atoms with van der Waals surface area (Å²) < 4.78 is 11.0. The molecule has 30 heavy (non-hydrogen) atoms. The lowest BCUT2D eigenvalue weighted by atomic mass is 9.87. The van der Waals surface area contributed by atoms with E-state index in [-0.39, 0.29) is 6.61 Å². The Morgan fingerprint density at radius 1 is 0.933 bits per heavy atom. The lowest BCUT2D eigenvalue weighted by Gasteiger charge is -2.28. The Balaban J connectivity index is 0.000000461. The molecular weight excluding hydrogens is 378 g/mol. The molecule has 0 fully saturated rings. The molecular formula is C25H33NO4. The zero-order valence-electron chi connectivity index (χ0n) is 18.5. The van der Waals surface area contributed by atoms with Crippen molar-refractivity contribution < 1.29 is 19.7 Å². The quantitative estimate of drug-likeness (QED) is 0.614. The van der Waals surface area contributed by atoms with E-state index < -0.39 is 0 Å². The summed E-state index contributed by atoms with van der Waals surface area (Å²) in [4.78, 5) is 2.35. The normalized spacial score (nSPS) is 13.7. The first-order valence-electron chi connectivity index (χ1n) is 10.6. The van der Waals surface area contributed by atoms with E-state index in [2.05, 4.69) is 43.1 Å². The average Bonchev–Trinajstić information content (AvgIpc) is 2.78. The third-order valence-electron chi connectivity index (χ3n) is 5.81. The van der Waals surface area contributed by atoms with Crippen LogP contribution in [0.1, 0.15) is 36.5 Å². The first kappa shape index (κ1) is 22.3. The van der Waals surface area contributed by atoms with Crippen molar-refractivity contribution in [1.82, 2.24) is 4.90 Å². The minimum Gasteiger partial charge on any atom is -0.497 e. The molecule has 0 spiro atoms. The Morgan fingerprint density at radius 2 is 1.70 bits per heavy atom. The van der Waals surface area contributed by atoms with Gasteiger partial charge >= 0.3 is 0 Å². The number of fused-ring (bicyclic) bond motifs is 6. The van der Waals surface area contributed by atoms with Gasteiger partial charge in [0.2, 0.25) is 0 Å². The fourth-order valence-corrected chi connectivity index (χ4v) is 4.15. The summed E-state index contributed by atoms with van der Waals surface area (Å²) in [6.45, 7) is 4.34. The highest BCUT2D eigenvalue weighted by Crippen LogP contribution is 2.40. The number of likely N-dealkylation sites (N-methyl/N-ethyl adjacent to an activating group) is 1. The van der Waals surface area contributed by atoms with Crippen LogP contribution in [0.3, 0.4) is 0 Å². The van der Waals surface area contributed by atoms with Crippen molar-refractivity contribution >= 4 is 21.5 Å². The van der Waals surface area contributed by atoms with E-state index in [1.165, 1.54) is 32.7 Å². The molecule has 3 aromatic rings. The Kier molecular flexibility index (Phi) is 7.53. The summed E-state index contributed by atoms with van der Waals surface area (Å²) in [6, 6.07) is 10.4. The average molecular weight is 412 g/mol. The molecule has 4 rings (SSSR count). The number of benzene rings is 3. The van der Waals surface area contributed by atoms with Gasteiger partial charge in [0.1, 0.15) is 11.5 Å². The third-order valence-corrected chi connectivity index (χ3v) is 5.81. The fourth-order valence-electron chi connectivity index (χ4n) is 4.15. The van der Waals surface area contributed by atoms with Crippen molar-refractivity contribution in [3.8, 4) is 11.5 Å². The van der Waals surface area contributed by atoms with Crippen LogP contribution in [-0.4, -0.2) is 49.5 Å². The summed E-state index contributed by atoms with van der Waals surface area (Å²) in [5.74, 6) is 1.63. The zero-order chi connectivity index (χ0) is 21.7. The van der Waals surface area contributed by atoms with E-state index in [9.17, 15) is 5.11 Å². The van der Waals surface area contributed by atoms with Crippen LogP contribution in [0.2, 0.25) is 0 Å². The summed E-state index contributed by atoms with van der Waals surface area (Å²) in [5.41, 5.74) is 3.57. The predicted molar refractivity (Wildman–Crippen MR) is 123 cm³/mol. The summed E-state index contributed by atoms with van der Waals surface area (Å²) in [6.07, 6.45) is 3.05. The maximum Gasteiger partial charge on any atom is 0.125 e. The van der Waals surface area contributed by atoms with Gasteiger partial charge < -0.3 is 24.6 Å². The van der Waals surface area contributed by atoms with Crippen LogP contribution in [0, 0.1) is 0 Å². The molecule has 0 aromatic heterocycles. The largest absolute Gasteiger partial charge is 0.497 e. The van der Waals surface area contributed by atoms with Crippen molar-refractivity contribution in [2.24, 2.45) is 0 Å². The third kappa shape index (κ3) is 4.38. The van der Waals surface area contributed by atoms with Crippen molar-refractivity contribution in [3.63, 3.8) is 0 Å². The van der Waals surface area contributed by atoms with Gasteiger partial charge in [-0.15, -0.1) is 0 Å².